The van der Waals surface area contributed by atoms with E-state index in [0.717, 1.165) is 36.3 Å². The summed E-state index contributed by atoms with van der Waals surface area (Å²) in [6.45, 7) is 4.00. The van der Waals surface area contributed by atoms with Crippen molar-refractivity contribution in [3.05, 3.63) is 65.7 Å². The standard InChI is InChI=1S/C25H30N4O2S/c30-24(10-11-25(31)29-15-13-23(27-29)21-4-2-1-3-5-21)26-22-8-6-20(7-9-22)12-14-28-16-18-32-19-17-28/h1-9H,10-19H2,(H,26,30). The molecule has 0 saturated carbocycles. The molecule has 1 N–H and O–H groups in total. The van der Waals surface area contributed by atoms with Crippen LogP contribution < -0.4 is 5.32 Å². The van der Waals surface area contributed by atoms with Crippen molar-refractivity contribution in [2.45, 2.75) is 25.7 Å². The topological polar surface area (TPSA) is 65.0 Å². The minimum absolute atomic E-state index is 0.113. The zero-order valence-electron chi connectivity index (χ0n) is 18.3. The average Bonchev–Trinajstić information content (AvgIpc) is 3.34. The van der Waals surface area contributed by atoms with E-state index in [0.29, 0.717) is 6.54 Å². The minimum atomic E-state index is -0.150. The quantitative estimate of drug-likeness (QED) is 0.667. The summed E-state index contributed by atoms with van der Waals surface area (Å²) < 4.78 is 0. The SMILES string of the molecule is O=C(CCC(=O)N1CCC(c2ccccc2)=N1)Nc1ccc(CCN2CCSCC2)cc1. The van der Waals surface area contributed by atoms with E-state index >= 15 is 0 Å². The third-order valence-corrected chi connectivity index (χ3v) is 6.76. The van der Waals surface area contributed by atoms with Gasteiger partial charge in [0.1, 0.15) is 0 Å². The van der Waals surface area contributed by atoms with Crippen LogP contribution in [0.15, 0.2) is 59.7 Å². The molecule has 0 radical (unpaired) electrons. The Morgan fingerprint density at radius 3 is 2.44 bits per heavy atom. The van der Waals surface area contributed by atoms with Gasteiger partial charge in [-0.3, -0.25) is 9.59 Å². The van der Waals surface area contributed by atoms with Crippen molar-refractivity contribution in [1.82, 2.24) is 9.91 Å². The molecule has 0 spiro atoms. The predicted octanol–water partition coefficient (Wildman–Crippen LogP) is 3.63. The molecule has 0 aliphatic carbocycles. The highest BCUT2D eigenvalue weighted by Crippen LogP contribution is 2.16. The van der Waals surface area contributed by atoms with Crippen LogP contribution in [0.2, 0.25) is 0 Å². The molecule has 7 heteroatoms. The molecule has 4 rings (SSSR count). The molecule has 2 aromatic rings. The van der Waals surface area contributed by atoms with E-state index < -0.39 is 0 Å². The smallest absolute Gasteiger partial charge is 0.243 e. The lowest BCUT2D eigenvalue weighted by Crippen LogP contribution is -2.34. The number of hydrogen-bond donors (Lipinski definition) is 1. The second-order valence-electron chi connectivity index (χ2n) is 8.13. The lowest BCUT2D eigenvalue weighted by molar-refractivity contribution is -0.132. The Kier molecular flexibility index (Phi) is 7.96. The van der Waals surface area contributed by atoms with Crippen molar-refractivity contribution in [2.24, 2.45) is 5.10 Å². The zero-order valence-corrected chi connectivity index (χ0v) is 19.2. The summed E-state index contributed by atoms with van der Waals surface area (Å²) in [5, 5.41) is 8.83. The van der Waals surface area contributed by atoms with Gasteiger partial charge in [-0.15, -0.1) is 0 Å². The van der Waals surface area contributed by atoms with Crippen molar-refractivity contribution in [1.29, 1.82) is 0 Å². The van der Waals surface area contributed by atoms with Gasteiger partial charge in [0.25, 0.3) is 0 Å². The minimum Gasteiger partial charge on any atom is -0.326 e. The maximum atomic E-state index is 12.5. The number of carbonyl (C=O) groups excluding carboxylic acids is 2. The maximum absolute atomic E-state index is 12.5. The van der Waals surface area contributed by atoms with Gasteiger partial charge in [-0.2, -0.15) is 16.9 Å². The van der Waals surface area contributed by atoms with Crippen LogP contribution in [-0.4, -0.2) is 65.1 Å². The molecule has 0 atom stereocenters. The summed E-state index contributed by atoms with van der Waals surface area (Å²) in [6.07, 6.45) is 2.07. The van der Waals surface area contributed by atoms with E-state index in [-0.39, 0.29) is 24.7 Å². The number of benzene rings is 2. The van der Waals surface area contributed by atoms with Crippen molar-refractivity contribution < 1.29 is 9.59 Å². The molecule has 1 saturated heterocycles. The molecule has 168 valence electrons. The van der Waals surface area contributed by atoms with Crippen LogP contribution in [0.1, 0.15) is 30.4 Å². The first-order valence-electron chi connectivity index (χ1n) is 11.3. The van der Waals surface area contributed by atoms with Gasteiger partial charge in [-0.1, -0.05) is 42.5 Å². The van der Waals surface area contributed by atoms with Crippen LogP contribution in [-0.2, 0) is 16.0 Å². The fraction of sp³-hybridized carbons (Fsp3) is 0.400. The van der Waals surface area contributed by atoms with Crippen LogP contribution in [0.5, 0.6) is 0 Å². The molecule has 6 nitrogen and oxygen atoms in total. The maximum Gasteiger partial charge on any atom is 0.243 e. The van der Waals surface area contributed by atoms with Gasteiger partial charge in [0.2, 0.25) is 11.8 Å². The summed E-state index contributed by atoms with van der Waals surface area (Å²) in [4.78, 5) is 27.3. The van der Waals surface area contributed by atoms with Gasteiger partial charge in [-0.25, -0.2) is 5.01 Å². The number of rotatable bonds is 8. The Morgan fingerprint density at radius 2 is 1.69 bits per heavy atom. The molecular formula is C25H30N4O2S. The molecule has 32 heavy (non-hydrogen) atoms. The van der Waals surface area contributed by atoms with Crippen LogP contribution >= 0.6 is 11.8 Å². The third-order valence-electron chi connectivity index (χ3n) is 5.82. The molecule has 2 amide bonds. The highest BCUT2D eigenvalue weighted by Gasteiger charge is 2.22. The molecule has 2 heterocycles. The van der Waals surface area contributed by atoms with Gasteiger partial charge in [0.15, 0.2) is 0 Å². The molecular weight excluding hydrogens is 420 g/mol. The van der Waals surface area contributed by atoms with Crippen LogP contribution in [0.3, 0.4) is 0 Å². The zero-order chi connectivity index (χ0) is 22.2. The van der Waals surface area contributed by atoms with Gasteiger partial charge in [0.05, 0.1) is 12.3 Å². The molecule has 0 unspecified atom stereocenters. The first-order chi connectivity index (χ1) is 15.7. The second kappa shape index (κ2) is 11.3. The number of hydrazone groups is 1. The molecule has 2 aliphatic heterocycles. The molecule has 2 aromatic carbocycles. The Labute approximate surface area is 194 Å². The summed E-state index contributed by atoms with van der Waals surface area (Å²) >= 11 is 2.03. The van der Waals surface area contributed by atoms with Crippen molar-refractivity contribution in [3.63, 3.8) is 0 Å². The third kappa shape index (κ3) is 6.43. The highest BCUT2D eigenvalue weighted by atomic mass is 32.2. The van der Waals surface area contributed by atoms with Crippen molar-refractivity contribution in [3.8, 4) is 0 Å². The monoisotopic (exact) mass is 450 g/mol. The first kappa shape index (κ1) is 22.6. The van der Waals surface area contributed by atoms with Gasteiger partial charge >= 0.3 is 0 Å². The van der Waals surface area contributed by atoms with E-state index in [4.69, 9.17) is 0 Å². The van der Waals surface area contributed by atoms with Gasteiger partial charge in [-0.05, 0) is 29.7 Å². The van der Waals surface area contributed by atoms with Crippen molar-refractivity contribution in [2.75, 3.05) is 43.0 Å². The van der Waals surface area contributed by atoms with Crippen molar-refractivity contribution >= 4 is 35.0 Å². The van der Waals surface area contributed by atoms with E-state index in [1.165, 1.54) is 35.2 Å². The Balaban J connectivity index is 1.19. The van der Waals surface area contributed by atoms with E-state index in [9.17, 15) is 9.59 Å². The molecule has 2 aliphatic rings. The van der Waals surface area contributed by atoms with Crippen LogP contribution in [0.25, 0.3) is 0 Å². The highest BCUT2D eigenvalue weighted by molar-refractivity contribution is 7.99. The number of hydrogen-bond acceptors (Lipinski definition) is 5. The predicted molar refractivity (Wildman–Crippen MR) is 131 cm³/mol. The number of anilines is 1. The second-order valence-corrected chi connectivity index (χ2v) is 9.35. The lowest BCUT2D eigenvalue weighted by atomic mass is 10.1. The van der Waals surface area contributed by atoms with E-state index in [2.05, 4.69) is 27.5 Å². The summed E-state index contributed by atoms with van der Waals surface area (Å²) in [6, 6.07) is 17.9. The Hall–Kier alpha value is -2.64. The van der Waals surface area contributed by atoms with Crippen LogP contribution in [0, 0.1) is 0 Å². The molecule has 1 fully saturated rings. The molecule has 0 bridgehead atoms. The Morgan fingerprint density at radius 1 is 0.938 bits per heavy atom. The number of thioether (sulfide) groups is 1. The van der Waals surface area contributed by atoms with Gasteiger partial charge in [0, 0.05) is 56.1 Å². The number of carbonyl (C=O) groups is 2. The lowest BCUT2D eigenvalue weighted by Gasteiger charge is -2.26. The first-order valence-corrected chi connectivity index (χ1v) is 12.4. The number of amides is 2. The average molecular weight is 451 g/mol. The van der Waals surface area contributed by atoms with E-state index in [1.807, 2.05) is 54.2 Å². The molecule has 0 aromatic heterocycles. The largest absolute Gasteiger partial charge is 0.326 e. The fourth-order valence-electron chi connectivity index (χ4n) is 3.91. The summed E-state index contributed by atoms with van der Waals surface area (Å²) in [5.74, 6) is 2.19. The van der Waals surface area contributed by atoms with Crippen LogP contribution in [0.4, 0.5) is 5.69 Å². The normalized spacial score (nSPS) is 16.6. The summed E-state index contributed by atoms with van der Waals surface area (Å²) in [5.41, 5.74) is 4.00. The number of nitrogens with zero attached hydrogens (tertiary/aromatic N) is 3. The summed E-state index contributed by atoms with van der Waals surface area (Å²) in [7, 11) is 0. The van der Waals surface area contributed by atoms with E-state index in [1.54, 1.807) is 0 Å². The Bertz CT molecular complexity index is 940. The fourth-order valence-corrected chi connectivity index (χ4v) is 4.89. The van der Waals surface area contributed by atoms with Gasteiger partial charge < -0.3 is 10.2 Å². The number of nitrogens with one attached hydrogen (secondary N) is 1.